The van der Waals surface area contributed by atoms with Gasteiger partial charge in [-0.05, 0) is 17.7 Å². The van der Waals surface area contributed by atoms with Crippen LogP contribution < -0.4 is 10.2 Å². The molecule has 2 aromatic heterocycles. The van der Waals surface area contributed by atoms with Crippen LogP contribution in [0.4, 0.5) is 11.8 Å². The number of anilines is 2. The molecule has 3 aromatic rings. The molecule has 0 radical (unpaired) electrons. The number of benzene rings is 1. The van der Waals surface area contributed by atoms with Crippen LogP contribution in [0, 0.1) is 0 Å². The van der Waals surface area contributed by atoms with Crippen LogP contribution in [0.3, 0.4) is 0 Å². The van der Waals surface area contributed by atoms with E-state index in [1.54, 1.807) is 24.5 Å². The fourth-order valence-corrected chi connectivity index (χ4v) is 2.32. The molecule has 122 valence electrons. The molecule has 24 heavy (non-hydrogen) atoms. The van der Waals surface area contributed by atoms with E-state index in [1.807, 2.05) is 60.1 Å². The average molecular weight is 321 g/mol. The normalized spacial score (nSPS) is 10.4. The van der Waals surface area contributed by atoms with Gasteiger partial charge in [-0.2, -0.15) is 0 Å². The molecule has 1 aromatic carbocycles. The second-order valence-electron chi connectivity index (χ2n) is 5.62. The molecule has 0 saturated heterocycles. The van der Waals surface area contributed by atoms with Crippen LogP contribution in [0.15, 0.2) is 61.1 Å². The zero-order valence-corrected chi connectivity index (χ0v) is 13.7. The molecular weight excluding hydrogens is 302 g/mol. The van der Waals surface area contributed by atoms with Crippen molar-refractivity contribution in [2.45, 2.75) is 6.54 Å². The van der Waals surface area contributed by atoms with Gasteiger partial charge in [-0.15, -0.1) is 0 Å². The lowest BCUT2D eigenvalue weighted by atomic mass is 10.2. The van der Waals surface area contributed by atoms with Crippen molar-refractivity contribution in [3.05, 3.63) is 72.2 Å². The third kappa shape index (κ3) is 3.60. The number of hydrogen-bond acceptors (Lipinski definition) is 4. The Morgan fingerprint density at radius 3 is 2.67 bits per heavy atom. The molecule has 6 nitrogen and oxygen atoms in total. The van der Waals surface area contributed by atoms with Crippen molar-refractivity contribution >= 4 is 17.7 Å². The molecule has 0 atom stereocenters. The zero-order valence-electron chi connectivity index (χ0n) is 13.7. The van der Waals surface area contributed by atoms with Crippen molar-refractivity contribution in [1.82, 2.24) is 14.5 Å². The first-order chi connectivity index (χ1) is 11.6. The van der Waals surface area contributed by atoms with Crippen molar-refractivity contribution in [3.63, 3.8) is 0 Å². The molecule has 3 rings (SSSR count). The summed E-state index contributed by atoms with van der Waals surface area (Å²) >= 11 is 0. The number of pyridine rings is 1. The fourth-order valence-electron chi connectivity index (χ4n) is 2.32. The third-order valence-corrected chi connectivity index (χ3v) is 3.60. The van der Waals surface area contributed by atoms with Crippen molar-refractivity contribution in [2.75, 3.05) is 24.3 Å². The maximum absolute atomic E-state index is 12.5. The standard InChI is InChI=1S/C18H19N5O/c1-22(2)16-12-15(8-9-19-16)17(24)21-18-20-10-11-23(18)13-14-6-4-3-5-7-14/h3-12H,13H2,1-2H3,(H,20,21,24). The Bertz CT molecular complexity index is 826. The first kappa shape index (κ1) is 15.7. The molecule has 0 aliphatic heterocycles. The highest BCUT2D eigenvalue weighted by molar-refractivity contribution is 6.03. The third-order valence-electron chi connectivity index (χ3n) is 3.60. The van der Waals surface area contributed by atoms with Gasteiger partial charge in [0.2, 0.25) is 5.95 Å². The largest absolute Gasteiger partial charge is 0.363 e. The number of aromatic nitrogens is 3. The predicted molar refractivity (Wildman–Crippen MR) is 94.3 cm³/mol. The monoisotopic (exact) mass is 321 g/mol. The van der Waals surface area contributed by atoms with Crippen LogP contribution in [0.2, 0.25) is 0 Å². The van der Waals surface area contributed by atoms with Gasteiger partial charge in [0.1, 0.15) is 5.82 Å². The topological polar surface area (TPSA) is 63.1 Å². The van der Waals surface area contributed by atoms with Gasteiger partial charge in [0.05, 0.1) is 6.54 Å². The Balaban J connectivity index is 1.76. The Hall–Kier alpha value is -3.15. The van der Waals surface area contributed by atoms with Gasteiger partial charge in [0, 0.05) is 38.2 Å². The second-order valence-corrected chi connectivity index (χ2v) is 5.62. The SMILES string of the molecule is CN(C)c1cc(C(=O)Nc2nccn2Cc2ccccc2)ccn1. The van der Waals surface area contributed by atoms with E-state index in [-0.39, 0.29) is 5.91 Å². The maximum atomic E-state index is 12.5. The van der Waals surface area contributed by atoms with Gasteiger partial charge < -0.3 is 9.47 Å². The first-order valence-electron chi connectivity index (χ1n) is 7.63. The first-order valence-corrected chi connectivity index (χ1v) is 7.63. The van der Waals surface area contributed by atoms with Crippen LogP contribution in [-0.2, 0) is 6.54 Å². The molecule has 0 aliphatic carbocycles. The summed E-state index contributed by atoms with van der Waals surface area (Å²) in [5, 5.41) is 2.86. The quantitative estimate of drug-likeness (QED) is 0.785. The lowest BCUT2D eigenvalue weighted by molar-refractivity contribution is 0.102. The van der Waals surface area contributed by atoms with Gasteiger partial charge in [-0.25, -0.2) is 9.97 Å². The summed E-state index contributed by atoms with van der Waals surface area (Å²) in [7, 11) is 3.77. The molecule has 0 fully saturated rings. The number of imidazole rings is 1. The molecule has 1 N–H and O–H groups in total. The van der Waals surface area contributed by atoms with Crippen LogP contribution in [-0.4, -0.2) is 34.5 Å². The van der Waals surface area contributed by atoms with Crippen LogP contribution >= 0.6 is 0 Å². The smallest absolute Gasteiger partial charge is 0.258 e. The Morgan fingerprint density at radius 2 is 1.92 bits per heavy atom. The Morgan fingerprint density at radius 1 is 1.12 bits per heavy atom. The fraction of sp³-hybridized carbons (Fsp3) is 0.167. The minimum Gasteiger partial charge on any atom is -0.363 e. The van der Waals surface area contributed by atoms with E-state index in [0.29, 0.717) is 18.1 Å². The lowest BCUT2D eigenvalue weighted by Crippen LogP contribution is -2.17. The van der Waals surface area contributed by atoms with E-state index in [9.17, 15) is 4.79 Å². The van der Waals surface area contributed by atoms with Crippen molar-refractivity contribution in [2.24, 2.45) is 0 Å². The van der Waals surface area contributed by atoms with Crippen LogP contribution in [0.1, 0.15) is 15.9 Å². The summed E-state index contributed by atoms with van der Waals surface area (Å²) in [6, 6.07) is 13.5. The van der Waals surface area contributed by atoms with Crippen LogP contribution in [0.25, 0.3) is 0 Å². The molecule has 0 aliphatic rings. The minimum absolute atomic E-state index is 0.207. The summed E-state index contributed by atoms with van der Waals surface area (Å²) < 4.78 is 1.90. The number of nitrogens with zero attached hydrogens (tertiary/aromatic N) is 4. The predicted octanol–water partition coefficient (Wildman–Crippen LogP) is 2.64. The molecule has 0 unspecified atom stereocenters. The summed E-state index contributed by atoms with van der Waals surface area (Å²) in [5.41, 5.74) is 1.69. The summed E-state index contributed by atoms with van der Waals surface area (Å²) in [6.07, 6.45) is 5.15. The number of hydrogen-bond donors (Lipinski definition) is 1. The van der Waals surface area contributed by atoms with E-state index in [0.717, 1.165) is 11.4 Å². The Kier molecular flexibility index (Phi) is 4.56. The molecular formula is C18H19N5O. The number of carbonyl (C=O) groups is 1. The number of amides is 1. The summed E-state index contributed by atoms with van der Waals surface area (Å²) in [5.74, 6) is 1.04. The van der Waals surface area contributed by atoms with E-state index in [4.69, 9.17) is 0 Å². The molecule has 2 heterocycles. The lowest BCUT2D eigenvalue weighted by Gasteiger charge is -2.12. The zero-order chi connectivity index (χ0) is 16.9. The highest BCUT2D eigenvalue weighted by Gasteiger charge is 2.11. The molecule has 0 bridgehead atoms. The second kappa shape index (κ2) is 6.95. The number of rotatable bonds is 5. The highest BCUT2D eigenvalue weighted by atomic mass is 16.1. The Labute approximate surface area is 140 Å². The molecule has 1 amide bonds. The molecule has 0 spiro atoms. The minimum atomic E-state index is -0.207. The van der Waals surface area contributed by atoms with Gasteiger partial charge >= 0.3 is 0 Å². The van der Waals surface area contributed by atoms with E-state index in [2.05, 4.69) is 15.3 Å². The van der Waals surface area contributed by atoms with Crippen molar-refractivity contribution in [3.8, 4) is 0 Å². The molecule has 0 saturated carbocycles. The highest BCUT2D eigenvalue weighted by Crippen LogP contribution is 2.13. The number of carbonyl (C=O) groups excluding carboxylic acids is 1. The van der Waals surface area contributed by atoms with Crippen molar-refractivity contribution in [1.29, 1.82) is 0 Å². The van der Waals surface area contributed by atoms with Gasteiger partial charge in [-0.3, -0.25) is 10.1 Å². The van der Waals surface area contributed by atoms with E-state index < -0.39 is 0 Å². The van der Waals surface area contributed by atoms with Gasteiger partial charge in [0.15, 0.2) is 0 Å². The van der Waals surface area contributed by atoms with Gasteiger partial charge in [-0.1, -0.05) is 30.3 Å². The maximum Gasteiger partial charge on any atom is 0.258 e. The summed E-state index contributed by atoms with van der Waals surface area (Å²) in [6.45, 7) is 0.649. The molecule has 6 heteroatoms. The number of nitrogens with one attached hydrogen (secondary N) is 1. The van der Waals surface area contributed by atoms with E-state index >= 15 is 0 Å². The average Bonchev–Trinajstić information content (AvgIpc) is 3.02. The van der Waals surface area contributed by atoms with Gasteiger partial charge in [0.25, 0.3) is 5.91 Å². The summed E-state index contributed by atoms with van der Waals surface area (Å²) in [4.78, 5) is 22.8. The van der Waals surface area contributed by atoms with Crippen LogP contribution in [0.5, 0.6) is 0 Å². The van der Waals surface area contributed by atoms with Crippen molar-refractivity contribution < 1.29 is 4.79 Å². The van der Waals surface area contributed by atoms with E-state index in [1.165, 1.54) is 0 Å².